The van der Waals surface area contributed by atoms with Crippen LogP contribution in [0.25, 0.3) is 0 Å². The molecule has 9 atom stereocenters. The molecule has 0 radical (unpaired) electrons. The predicted octanol–water partition coefficient (Wildman–Crippen LogP) is 1.65. The molecular formula is C22H26O9. The average molecular weight is 434 g/mol. The number of rotatable bonds is 2. The standard InChI is InChI=1S/C22H26O9/c1-9-5-12-17-20(3,30-17)7-13-18-22(31-18,19(25)29-13)14(27-10(2)23)6-11(21(4)8-26-21)15(24)16(9)28-12/h5,11,13-15,17-18,24H,6-8H2,1-4H3/t11?,13-,14+,15-,17+,18-,20+,21?,22-/m1/s1. The SMILES string of the molecule is CC(=O)O[C@H]1CC(C2(C)CO2)[C@@H](O)c2oc(cc2C)[C@@H]2O[C@@]2(C)C[C@H]2OC(=O)[C@@]13O[C@H]23. The molecule has 2 unspecified atom stereocenters. The average Bonchev–Trinajstić information content (AvgIpc) is 3.62. The summed E-state index contributed by atoms with van der Waals surface area (Å²) in [5.41, 5.74) is -1.75. The Bertz CT molecular complexity index is 980. The first kappa shape index (κ1) is 19.7. The monoisotopic (exact) mass is 434 g/mol. The number of ether oxygens (including phenoxy) is 5. The second-order valence-corrected chi connectivity index (χ2v) is 9.97. The molecule has 0 amide bonds. The van der Waals surface area contributed by atoms with E-state index in [2.05, 4.69) is 0 Å². The number of carbonyl (C=O) groups excluding carboxylic acids is 2. The third kappa shape index (κ3) is 2.70. The van der Waals surface area contributed by atoms with Crippen LogP contribution >= 0.6 is 0 Å². The first-order chi connectivity index (χ1) is 14.6. The Balaban J connectivity index is 1.45. The molecule has 5 aliphatic rings. The fourth-order valence-electron chi connectivity index (χ4n) is 5.58. The van der Waals surface area contributed by atoms with Crippen molar-refractivity contribution >= 4 is 11.9 Å². The molecule has 4 fully saturated rings. The molecule has 4 bridgehead atoms. The van der Waals surface area contributed by atoms with Crippen molar-refractivity contribution in [1.82, 2.24) is 0 Å². The van der Waals surface area contributed by atoms with Gasteiger partial charge in [-0.2, -0.15) is 0 Å². The summed E-state index contributed by atoms with van der Waals surface area (Å²) in [6, 6.07) is 1.88. The number of furan rings is 1. The van der Waals surface area contributed by atoms with E-state index in [4.69, 9.17) is 28.1 Å². The maximum Gasteiger partial charge on any atom is 0.345 e. The van der Waals surface area contributed by atoms with Crippen LogP contribution in [0.2, 0.25) is 0 Å². The summed E-state index contributed by atoms with van der Waals surface area (Å²) in [5.74, 6) is -0.478. The fourth-order valence-corrected chi connectivity index (χ4v) is 5.58. The number of fused-ring (bicyclic) bond motifs is 4. The van der Waals surface area contributed by atoms with E-state index < -0.39 is 59.1 Å². The van der Waals surface area contributed by atoms with Gasteiger partial charge in [0.25, 0.3) is 0 Å². The molecule has 168 valence electrons. The first-order valence-electron chi connectivity index (χ1n) is 10.7. The lowest BCUT2D eigenvalue weighted by atomic mass is 9.79. The van der Waals surface area contributed by atoms with Crippen molar-refractivity contribution in [2.45, 2.75) is 87.9 Å². The molecule has 0 saturated carbocycles. The van der Waals surface area contributed by atoms with Gasteiger partial charge in [-0.1, -0.05) is 0 Å². The maximum atomic E-state index is 12.9. The quantitative estimate of drug-likeness (QED) is 0.546. The van der Waals surface area contributed by atoms with Gasteiger partial charge in [0, 0.05) is 19.3 Å². The highest BCUT2D eigenvalue weighted by Crippen LogP contribution is 2.60. The van der Waals surface area contributed by atoms with E-state index in [9.17, 15) is 14.7 Å². The van der Waals surface area contributed by atoms with Crippen molar-refractivity contribution in [3.63, 3.8) is 0 Å². The van der Waals surface area contributed by atoms with Crippen LogP contribution in [0.15, 0.2) is 10.5 Å². The number of hydrogen-bond donors (Lipinski definition) is 1. The van der Waals surface area contributed by atoms with Crippen molar-refractivity contribution in [1.29, 1.82) is 0 Å². The lowest BCUT2D eigenvalue weighted by Gasteiger charge is -2.30. The normalized spacial score (nSPS) is 49.5. The summed E-state index contributed by atoms with van der Waals surface area (Å²) in [4.78, 5) is 24.9. The molecule has 1 N–H and O–H groups in total. The Morgan fingerprint density at radius 2 is 2.00 bits per heavy atom. The minimum absolute atomic E-state index is 0.169. The minimum Gasteiger partial charge on any atom is -0.460 e. The molecule has 9 heteroatoms. The van der Waals surface area contributed by atoms with Gasteiger partial charge in [0.05, 0.1) is 12.2 Å². The Morgan fingerprint density at radius 1 is 1.26 bits per heavy atom. The van der Waals surface area contributed by atoms with Gasteiger partial charge in [0.15, 0.2) is 0 Å². The third-order valence-corrected chi connectivity index (χ3v) is 7.62. The van der Waals surface area contributed by atoms with E-state index >= 15 is 0 Å². The van der Waals surface area contributed by atoms with Crippen LogP contribution in [0.4, 0.5) is 0 Å². The first-order valence-corrected chi connectivity index (χ1v) is 10.7. The van der Waals surface area contributed by atoms with Crippen LogP contribution in [0.1, 0.15) is 62.9 Å². The van der Waals surface area contributed by atoms with E-state index in [0.29, 0.717) is 24.5 Å². The Kier molecular flexibility index (Phi) is 3.75. The van der Waals surface area contributed by atoms with Gasteiger partial charge in [-0.3, -0.25) is 4.79 Å². The highest BCUT2D eigenvalue weighted by Gasteiger charge is 2.79. The molecule has 9 nitrogen and oxygen atoms in total. The smallest absolute Gasteiger partial charge is 0.345 e. The van der Waals surface area contributed by atoms with Crippen molar-refractivity contribution in [3.05, 3.63) is 23.2 Å². The minimum atomic E-state index is -1.35. The highest BCUT2D eigenvalue weighted by molar-refractivity contribution is 5.88. The van der Waals surface area contributed by atoms with Crippen molar-refractivity contribution < 1.29 is 42.8 Å². The van der Waals surface area contributed by atoms with Crippen LogP contribution in [0.5, 0.6) is 0 Å². The second kappa shape index (κ2) is 5.89. The summed E-state index contributed by atoms with van der Waals surface area (Å²) in [6.07, 6.45) is -2.65. The molecule has 1 aromatic heterocycles. The molecule has 31 heavy (non-hydrogen) atoms. The topological polar surface area (TPSA) is 124 Å². The van der Waals surface area contributed by atoms with E-state index in [1.54, 1.807) is 0 Å². The molecule has 6 rings (SSSR count). The summed E-state index contributed by atoms with van der Waals surface area (Å²) in [6.45, 7) is 7.45. The molecule has 5 aliphatic heterocycles. The fraction of sp³-hybridized carbons (Fsp3) is 0.727. The third-order valence-electron chi connectivity index (χ3n) is 7.62. The number of esters is 2. The van der Waals surface area contributed by atoms with Crippen LogP contribution in [0.3, 0.4) is 0 Å². The number of carbonyl (C=O) groups is 2. The molecule has 1 aromatic rings. The van der Waals surface area contributed by atoms with Crippen molar-refractivity contribution in [2.24, 2.45) is 5.92 Å². The molecule has 0 aliphatic carbocycles. The number of epoxide rings is 3. The van der Waals surface area contributed by atoms with E-state index in [1.807, 2.05) is 26.8 Å². The number of hydrogen-bond acceptors (Lipinski definition) is 9. The number of aryl methyl sites for hydroxylation is 1. The predicted molar refractivity (Wildman–Crippen MR) is 101 cm³/mol. The number of aliphatic hydroxyl groups is 1. The maximum absolute atomic E-state index is 12.9. The molecule has 4 saturated heterocycles. The lowest BCUT2D eigenvalue weighted by molar-refractivity contribution is -0.167. The van der Waals surface area contributed by atoms with Crippen LogP contribution in [0, 0.1) is 12.8 Å². The van der Waals surface area contributed by atoms with E-state index in [1.165, 1.54) is 6.92 Å². The van der Waals surface area contributed by atoms with Crippen molar-refractivity contribution in [3.8, 4) is 0 Å². The van der Waals surface area contributed by atoms with E-state index in [-0.39, 0.29) is 12.5 Å². The van der Waals surface area contributed by atoms with Crippen molar-refractivity contribution in [2.75, 3.05) is 6.61 Å². The lowest BCUT2D eigenvalue weighted by Crippen LogP contribution is -2.44. The zero-order chi connectivity index (χ0) is 21.9. The van der Waals surface area contributed by atoms with Gasteiger partial charge < -0.3 is 33.2 Å². The summed E-state index contributed by atoms with van der Waals surface area (Å²) < 4.78 is 34.9. The summed E-state index contributed by atoms with van der Waals surface area (Å²) in [7, 11) is 0. The van der Waals surface area contributed by atoms with Gasteiger partial charge in [-0.15, -0.1) is 0 Å². The number of aliphatic hydroxyl groups excluding tert-OH is 1. The Labute approximate surface area is 178 Å². The molecule has 0 spiro atoms. The second-order valence-electron chi connectivity index (χ2n) is 9.97. The van der Waals surface area contributed by atoms with Gasteiger partial charge >= 0.3 is 11.9 Å². The van der Waals surface area contributed by atoms with Gasteiger partial charge in [0.2, 0.25) is 5.60 Å². The van der Waals surface area contributed by atoms with Crippen LogP contribution < -0.4 is 0 Å². The zero-order valence-electron chi connectivity index (χ0n) is 17.9. The van der Waals surface area contributed by atoms with Crippen LogP contribution in [-0.4, -0.2) is 58.8 Å². The van der Waals surface area contributed by atoms with Gasteiger partial charge in [-0.05, 0) is 38.8 Å². The summed E-state index contributed by atoms with van der Waals surface area (Å²) in [5, 5.41) is 11.4. The highest BCUT2D eigenvalue weighted by atomic mass is 16.7. The van der Waals surface area contributed by atoms with Gasteiger partial charge in [0.1, 0.15) is 47.6 Å². The molecule has 0 aromatic carbocycles. The van der Waals surface area contributed by atoms with E-state index in [0.717, 1.165) is 5.56 Å². The Morgan fingerprint density at radius 3 is 2.65 bits per heavy atom. The van der Waals surface area contributed by atoms with Gasteiger partial charge in [-0.25, -0.2) is 4.79 Å². The molecule has 6 heterocycles. The van der Waals surface area contributed by atoms with Crippen LogP contribution in [-0.2, 0) is 33.3 Å². The molecular weight excluding hydrogens is 408 g/mol. The Hall–Kier alpha value is -1.94. The summed E-state index contributed by atoms with van der Waals surface area (Å²) >= 11 is 0. The largest absolute Gasteiger partial charge is 0.460 e. The zero-order valence-corrected chi connectivity index (χ0v) is 17.9.